The van der Waals surface area contributed by atoms with Gasteiger partial charge in [0.2, 0.25) is 0 Å². The Labute approximate surface area is 265 Å². The normalized spacial score (nSPS) is 17.6. The number of anilines is 1. The van der Waals surface area contributed by atoms with E-state index in [1.165, 1.54) is 0 Å². The van der Waals surface area contributed by atoms with Crippen molar-refractivity contribution >= 4 is 52.1 Å². The first-order valence-electron chi connectivity index (χ1n) is 14.2. The predicted octanol–water partition coefficient (Wildman–Crippen LogP) is 6.90. The van der Waals surface area contributed by atoms with Gasteiger partial charge in [-0.25, -0.2) is 14.8 Å². The molecule has 43 heavy (non-hydrogen) atoms. The number of carbonyl (C=O) groups is 1. The molecule has 1 aromatic heterocycles. The van der Waals surface area contributed by atoms with Crippen molar-refractivity contribution in [2.24, 2.45) is 9.81 Å². The fraction of sp³-hybridized carbons (Fsp3) is 0.406. The lowest BCUT2D eigenvalue weighted by Crippen LogP contribution is -2.45. The molecular weight excluding hydrogens is 605 g/mol. The van der Waals surface area contributed by atoms with E-state index in [1.54, 1.807) is 31.2 Å². The van der Waals surface area contributed by atoms with Crippen molar-refractivity contribution < 1.29 is 14.1 Å². The van der Waals surface area contributed by atoms with Crippen LogP contribution < -0.4 is 4.90 Å². The van der Waals surface area contributed by atoms with Crippen LogP contribution in [0.2, 0.25) is 10.0 Å². The van der Waals surface area contributed by atoms with Crippen LogP contribution in [0, 0.1) is 23.7 Å². The summed E-state index contributed by atoms with van der Waals surface area (Å²) in [5.74, 6) is -0.128. The first kappa shape index (κ1) is 31.3. The highest BCUT2D eigenvalue weighted by Crippen LogP contribution is 2.47. The molecule has 0 saturated carbocycles. The number of nitrogens with zero attached hydrogens (tertiary/aromatic N) is 5. The van der Waals surface area contributed by atoms with Crippen LogP contribution in [0.5, 0.6) is 0 Å². The van der Waals surface area contributed by atoms with Crippen LogP contribution >= 0.6 is 23.2 Å². The summed E-state index contributed by atoms with van der Waals surface area (Å²) in [4.78, 5) is 24.9. The number of nitriles is 1. The Kier molecular flexibility index (Phi) is 8.79. The second-order valence-electron chi connectivity index (χ2n) is 11.8. The molecule has 1 aliphatic heterocycles. The molecule has 1 aliphatic carbocycles. The van der Waals surface area contributed by atoms with Crippen LogP contribution in [0.25, 0.3) is 11.3 Å². The molecule has 2 aliphatic rings. The van der Waals surface area contributed by atoms with E-state index in [4.69, 9.17) is 42.3 Å². The zero-order chi connectivity index (χ0) is 31.1. The number of halogens is 2. The quantitative estimate of drug-likeness (QED) is 0.221. The van der Waals surface area contributed by atoms with E-state index in [0.29, 0.717) is 70.7 Å². The smallest absolute Gasteiger partial charge is 0.360 e. The number of fused-ring (bicyclic) bond motifs is 1. The van der Waals surface area contributed by atoms with Crippen LogP contribution in [0.4, 0.5) is 5.82 Å². The number of benzene rings is 2. The third-order valence-electron chi connectivity index (χ3n) is 7.98. The predicted molar refractivity (Wildman–Crippen MR) is 171 cm³/mol. The SMILES string of the molecule is CCOC(=O)c1nc(-c2cccc(Cl)c2Cl)c(C)nc1N1CCC2(CC1)Cc1cccc(C#N)c1C2=N[S+]([O-])C(C)(C)C. The monoisotopic (exact) mass is 637 g/mol. The van der Waals surface area contributed by atoms with Crippen molar-refractivity contribution in [1.29, 1.82) is 5.26 Å². The van der Waals surface area contributed by atoms with Gasteiger partial charge in [-0.1, -0.05) is 51.9 Å². The van der Waals surface area contributed by atoms with Gasteiger partial charge in [-0.15, -0.1) is 0 Å². The number of hydrogen-bond acceptors (Lipinski definition) is 8. The minimum atomic E-state index is -1.50. The third kappa shape index (κ3) is 5.86. The average Bonchev–Trinajstić information content (AvgIpc) is 3.26. The Bertz CT molecular complexity index is 1660. The molecule has 0 bridgehead atoms. The number of ether oxygens (including phenoxy) is 1. The molecule has 1 unspecified atom stereocenters. The summed E-state index contributed by atoms with van der Waals surface area (Å²) in [6.45, 7) is 10.5. The lowest BCUT2D eigenvalue weighted by Gasteiger charge is -2.40. The molecule has 224 valence electrons. The zero-order valence-electron chi connectivity index (χ0n) is 24.8. The molecule has 11 heteroatoms. The molecule has 5 rings (SSSR count). The van der Waals surface area contributed by atoms with Gasteiger partial charge in [0.25, 0.3) is 0 Å². The summed E-state index contributed by atoms with van der Waals surface area (Å²) in [5, 5.41) is 10.6. The van der Waals surface area contributed by atoms with Crippen molar-refractivity contribution in [1.82, 2.24) is 9.97 Å². The number of hydrogen-bond donors (Lipinski definition) is 0. The standard InChI is InChI=1S/C32H33Cl2N5O3S/c1-6-42-30(40)27-29(36-19(2)26(37-27)22-11-8-12-23(33)25(22)34)39-15-13-32(14-16-39)17-20-9-7-10-21(18-35)24(20)28(32)38-43(41)31(3,4)5/h7-12H,6,13-17H2,1-5H3. The Morgan fingerprint density at radius 2 is 1.88 bits per heavy atom. The molecule has 1 atom stereocenters. The van der Waals surface area contributed by atoms with Crippen molar-refractivity contribution in [3.05, 3.63) is 74.5 Å². The minimum absolute atomic E-state index is 0.110. The summed E-state index contributed by atoms with van der Waals surface area (Å²) in [5.41, 5.74) is 4.49. The number of esters is 1. The van der Waals surface area contributed by atoms with Gasteiger partial charge in [-0.2, -0.15) is 5.26 Å². The molecule has 0 amide bonds. The summed E-state index contributed by atoms with van der Waals surface area (Å²) < 4.78 is 22.9. The molecule has 1 fully saturated rings. The van der Waals surface area contributed by atoms with Crippen molar-refractivity contribution in [3.63, 3.8) is 0 Å². The van der Waals surface area contributed by atoms with Crippen molar-refractivity contribution in [2.75, 3.05) is 24.6 Å². The highest BCUT2D eigenvalue weighted by molar-refractivity contribution is 7.91. The van der Waals surface area contributed by atoms with Crippen LogP contribution in [0.1, 0.15) is 73.4 Å². The van der Waals surface area contributed by atoms with Crippen LogP contribution in [-0.4, -0.2) is 50.6 Å². The highest BCUT2D eigenvalue weighted by atomic mass is 35.5. The number of carbonyl (C=O) groups excluding carboxylic acids is 1. The van der Waals surface area contributed by atoms with E-state index in [1.807, 2.05) is 44.7 Å². The molecule has 0 N–H and O–H groups in total. The number of piperidine rings is 1. The van der Waals surface area contributed by atoms with E-state index < -0.39 is 27.5 Å². The molecule has 8 nitrogen and oxygen atoms in total. The molecule has 2 aromatic carbocycles. The maximum Gasteiger partial charge on any atom is 0.360 e. The van der Waals surface area contributed by atoms with Crippen molar-refractivity contribution in [2.45, 2.75) is 58.6 Å². The Morgan fingerprint density at radius 3 is 2.53 bits per heavy atom. The Hall–Kier alpha value is -3.16. The summed E-state index contributed by atoms with van der Waals surface area (Å²) >= 11 is 11.3. The summed E-state index contributed by atoms with van der Waals surface area (Å²) in [7, 11) is 0. The third-order valence-corrected chi connectivity index (χ3v) is 10.2. The van der Waals surface area contributed by atoms with Gasteiger partial charge in [-0.05, 0) is 71.6 Å². The topological polar surface area (TPSA) is 115 Å². The van der Waals surface area contributed by atoms with Crippen molar-refractivity contribution in [3.8, 4) is 17.3 Å². The average molecular weight is 639 g/mol. The number of aryl methyl sites for hydroxylation is 1. The van der Waals surface area contributed by atoms with Crippen LogP contribution in [-0.2, 0) is 22.5 Å². The maximum atomic E-state index is 13.3. The first-order valence-corrected chi connectivity index (χ1v) is 16.0. The van der Waals surface area contributed by atoms with E-state index in [-0.39, 0.29) is 12.3 Å². The number of rotatable bonds is 5. The van der Waals surface area contributed by atoms with Gasteiger partial charge in [0.1, 0.15) is 21.8 Å². The first-order chi connectivity index (χ1) is 20.4. The highest BCUT2D eigenvalue weighted by Gasteiger charge is 2.49. The minimum Gasteiger partial charge on any atom is -0.591 e. The van der Waals surface area contributed by atoms with Crippen LogP contribution in [0.15, 0.2) is 40.8 Å². The van der Waals surface area contributed by atoms with Gasteiger partial charge in [0, 0.05) is 29.6 Å². The van der Waals surface area contributed by atoms with Gasteiger partial charge >= 0.3 is 5.97 Å². The lowest BCUT2D eigenvalue weighted by molar-refractivity contribution is 0.0519. The number of aromatic nitrogens is 2. The van der Waals surface area contributed by atoms with Gasteiger partial charge in [0.05, 0.1) is 39.7 Å². The fourth-order valence-corrected chi connectivity index (χ4v) is 6.88. The molecule has 0 radical (unpaired) electrons. The van der Waals surface area contributed by atoms with E-state index in [9.17, 15) is 14.6 Å². The molecule has 1 spiro atoms. The Balaban J connectivity index is 1.53. The second-order valence-corrected chi connectivity index (χ2v) is 14.5. The van der Waals surface area contributed by atoms with Gasteiger partial charge < -0.3 is 14.2 Å². The molecule has 3 aromatic rings. The molecule has 1 saturated heterocycles. The molecular formula is C32H33Cl2N5O3S. The fourth-order valence-electron chi connectivity index (χ4n) is 5.76. The van der Waals surface area contributed by atoms with Crippen LogP contribution in [0.3, 0.4) is 0 Å². The van der Waals surface area contributed by atoms with Gasteiger partial charge in [0.15, 0.2) is 11.5 Å². The lowest BCUT2D eigenvalue weighted by atomic mass is 9.74. The van der Waals surface area contributed by atoms with E-state index in [2.05, 4.69) is 6.07 Å². The summed E-state index contributed by atoms with van der Waals surface area (Å²) in [6.07, 6.45) is 2.03. The molecule has 2 heterocycles. The largest absolute Gasteiger partial charge is 0.591 e. The zero-order valence-corrected chi connectivity index (χ0v) is 27.2. The van der Waals surface area contributed by atoms with Gasteiger partial charge in [-0.3, -0.25) is 0 Å². The Morgan fingerprint density at radius 1 is 1.19 bits per heavy atom. The summed E-state index contributed by atoms with van der Waals surface area (Å²) in [6, 6.07) is 13.3. The van der Waals surface area contributed by atoms with E-state index in [0.717, 1.165) is 16.8 Å². The van der Waals surface area contributed by atoms with E-state index >= 15 is 0 Å². The second kappa shape index (κ2) is 12.1. The maximum absolute atomic E-state index is 13.3.